The molecule has 6 aromatic rings. The molecule has 8 nitrogen and oxygen atoms in total. The van der Waals surface area contributed by atoms with Crippen LogP contribution in [0.15, 0.2) is 66.6 Å². The summed E-state index contributed by atoms with van der Waals surface area (Å²) >= 11 is 1.71. The molecule has 9 heteroatoms. The van der Waals surface area contributed by atoms with Gasteiger partial charge in [0.25, 0.3) is 0 Å². The largest absolute Gasteiger partial charge is 0.352 e. The van der Waals surface area contributed by atoms with Crippen LogP contribution in [0, 0.1) is 0 Å². The highest BCUT2D eigenvalue weighted by molar-refractivity contribution is 7.13. The normalized spacial score (nSPS) is 14.2. The Bertz CT molecular complexity index is 1640. The molecule has 6 heterocycles. The van der Waals surface area contributed by atoms with Crippen molar-refractivity contribution in [1.29, 1.82) is 0 Å². The van der Waals surface area contributed by atoms with Gasteiger partial charge in [0.05, 0.1) is 41.0 Å². The number of pyridine rings is 1. The maximum atomic E-state index is 5.94. The molecule has 1 aliphatic rings. The van der Waals surface area contributed by atoms with Crippen molar-refractivity contribution in [1.82, 2.24) is 30.1 Å². The van der Waals surface area contributed by atoms with Gasteiger partial charge in [-0.25, -0.2) is 4.98 Å². The highest BCUT2D eigenvalue weighted by Gasteiger charge is 2.24. The van der Waals surface area contributed by atoms with Crippen molar-refractivity contribution >= 4 is 39.0 Å². The number of thiophene rings is 1. The lowest BCUT2D eigenvalue weighted by Crippen LogP contribution is -2.56. The highest BCUT2D eigenvalue weighted by Crippen LogP contribution is 2.36. The lowest BCUT2D eigenvalue weighted by Gasteiger charge is -2.37. The molecule has 0 unspecified atom stereocenters. The zero-order valence-electron chi connectivity index (χ0n) is 18.1. The van der Waals surface area contributed by atoms with Gasteiger partial charge >= 0.3 is 0 Å². The van der Waals surface area contributed by atoms with Crippen molar-refractivity contribution in [2.45, 2.75) is 6.04 Å². The Morgan fingerprint density at radius 3 is 2.74 bits per heavy atom. The second-order valence-electron chi connectivity index (χ2n) is 8.57. The van der Waals surface area contributed by atoms with Crippen LogP contribution in [0.2, 0.25) is 0 Å². The number of hydrogen-bond donors (Lipinski definition) is 3. The quantitative estimate of drug-likeness (QED) is 0.356. The molecular weight excluding hydrogens is 444 g/mol. The summed E-state index contributed by atoms with van der Waals surface area (Å²) in [6.45, 7) is 1.62. The van der Waals surface area contributed by atoms with E-state index in [0.29, 0.717) is 0 Å². The van der Waals surface area contributed by atoms with E-state index in [0.717, 1.165) is 68.9 Å². The van der Waals surface area contributed by atoms with E-state index in [2.05, 4.69) is 59.7 Å². The molecule has 0 aliphatic carbocycles. The predicted molar refractivity (Wildman–Crippen MR) is 136 cm³/mol. The summed E-state index contributed by atoms with van der Waals surface area (Å²) in [5.74, 6) is 0.857. The second kappa shape index (κ2) is 7.47. The molecule has 34 heavy (non-hydrogen) atoms. The highest BCUT2D eigenvalue weighted by atomic mass is 32.1. The van der Waals surface area contributed by atoms with E-state index < -0.39 is 0 Å². The SMILES string of the molecule is NC1CN(c2cncc(-c3ccc4[nH]nc(-c5cc6c(-c7cccs7)cncc6[nH]5)c4c3)n2)C1. The number of rotatable bonds is 4. The Morgan fingerprint density at radius 1 is 0.971 bits per heavy atom. The fourth-order valence-corrected chi connectivity index (χ4v) is 5.28. The first-order valence-corrected chi connectivity index (χ1v) is 11.9. The van der Waals surface area contributed by atoms with Crippen LogP contribution in [0.1, 0.15) is 0 Å². The van der Waals surface area contributed by atoms with Gasteiger partial charge in [-0.15, -0.1) is 11.3 Å². The van der Waals surface area contributed by atoms with E-state index in [-0.39, 0.29) is 6.04 Å². The van der Waals surface area contributed by atoms with Gasteiger partial charge in [-0.1, -0.05) is 12.1 Å². The fourth-order valence-electron chi connectivity index (χ4n) is 4.53. The Morgan fingerprint density at radius 2 is 1.88 bits per heavy atom. The van der Waals surface area contributed by atoms with Gasteiger partial charge in [0.15, 0.2) is 0 Å². The zero-order valence-corrected chi connectivity index (χ0v) is 18.9. The number of H-pyrrole nitrogens is 2. The number of aromatic amines is 2. The molecule has 1 aromatic carbocycles. The Labute approximate surface area is 198 Å². The number of anilines is 1. The van der Waals surface area contributed by atoms with E-state index in [4.69, 9.17) is 10.7 Å². The van der Waals surface area contributed by atoms with Gasteiger partial charge in [0.2, 0.25) is 0 Å². The number of fused-ring (bicyclic) bond motifs is 2. The topological polar surface area (TPSA) is 112 Å². The van der Waals surface area contributed by atoms with E-state index in [1.54, 1.807) is 23.7 Å². The zero-order chi connectivity index (χ0) is 22.6. The smallest absolute Gasteiger partial charge is 0.147 e. The third-order valence-electron chi connectivity index (χ3n) is 6.30. The minimum absolute atomic E-state index is 0.210. The number of hydrogen-bond acceptors (Lipinski definition) is 7. The van der Waals surface area contributed by atoms with E-state index >= 15 is 0 Å². The number of benzene rings is 1. The lowest BCUT2D eigenvalue weighted by molar-refractivity contribution is 0.514. The summed E-state index contributed by atoms with van der Waals surface area (Å²) in [6, 6.07) is 12.7. The van der Waals surface area contributed by atoms with Crippen molar-refractivity contribution in [3.63, 3.8) is 0 Å². The van der Waals surface area contributed by atoms with Crippen molar-refractivity contribution in [3.05, 3.63) is 66.6 Å². The minimum Gasteiger partial charge on any atom is -0.352 e. The Balaban J connectivity index is 1.31. The summed E-state index contributed by atoms with van der Waals surface area (Å²) in [6.07, 6.45) is 7.37. The molecule has 0 atom stereocenters. The standard InChI is InChI=1S/C25H20N8S/c26-15-12-33(13-15)24-11-28-9-21(30-24)14-3-4-19-17(6-14)25(32-31-19)20-7-16-18(23-2-1-5-34-23)8-27-10-22(16)29-20/h1-11,15,29H,12-13,26H2,(H,31,32). The third kappa shape index (κ3) is 3.09. The number of nitrogens with one attached hydrogen (secondary N) is 2. The summed E-state index contributed by atoms with van der Waals surface area (Å²) < 4.78 is 0. The molecule has 4 N–H and O–H groups in total. The molecule has 0 spiro atoms. The van der Waals surface area contributed by atoms with Gasteiger partial charge in [-0.05, 0) is 29.6 Å². The van der Waals surface area contributed by atoms with Gasteiger partial charge in [-0.3, -0.25) is 15.1 Å². The minimum atomic E-state index is 0.210. The van der Waals surface area contributed by atoms with Crippen LogP contribution in [0.3, 0.4) is 0 Å². The van der Waals surface area contributed by atoms with Gasteiger partial charge < -0.3 is 15.6 Å². The molecule has 1 fully saturated rings. The first-order valence-electron chi connectivity index (χ1n) is 11.0. The molecule has 0 bridgehead atoms. The molecule has 1 aliphatic heterocycles. The van der Waals surface area contributed by atoms with Gasteiger partial charge in [0.1, 0.15) is 11.5 Å². The molecule has 166 valence electrons. The van der Waals surface area contributed by atoms with Crippen molar-refractivity contribution in [3.8, 4) is 33.1 Å². The number of nitrogens with zero attached hydrogens (tertiary/aromatic N) is 5. The molecule has 5 aromatic heterocycles. The van der Waals surface area contributed by atoms with Crippen LogP contribution in [0.4, 0.5) is 5.82 Å². The number of aromatic nitrogens is 6. The van der Waals surface area contributed by atoms with Crippen molar-refractivity contribution in [2.75, 3.05) is 18.0 Å². The van der Waals surface area contributed by atoms with Crippen LogP contribution in [-0.4, -0.2) is 49.3 Å². The van der Waals surface area contributed by atoms with Crippen LogP contribution in [0.25, 0.3) is 54.9 Å². The predicted octanol–water partition coefficient (Wildman–Crippen LogP) is 4.44. The van der Waals surface area contributed by atoms with E-state index in [1.165, 1.54) is 4.88 Å². The average Bonchev–Trinajstić information content (AvgIpc) is 3.60. The summed E-state index contributed by atoms with van der Waals surface area (Å²) in [7, 11) is 0. The van der Waals surface area contributed by atoms with Gasteiger partial charge in [0, 0.05) is 52.1 Å². The molecule has 1 saturated heterocycles. The van der Waals surface area contributed by atoms with Gasteiger partial charge in [-0.2, -0.15) is 5.10 Å². The molecule has 0 amide bonds. The maximum absolute atomic E-state index is 5.94. The molecule has 0 radical (unpaired) electrons. The van der Waals surface area contributed by atoms with Crippen LogP contribution in [0.5, 0.6) is 0 Å². The lowest BCUT2D eigenvalue weighted by atomic mass is 10.1. The van der Waals surface area contributed by atoms with Crippen LogP contribution < -0.4 is 10.6 Å². The third-order valence-corrected chi connectivity index (χ3v) is 7.20. The Kier molecular flexibility index (Phi) is 4.26. The Hall–Kier alpha value is -4.08. The monoisotopic (exact) mass is 464 g/mol. The summed E-state index contributed by atoms with van der Waals surface area (Å²) in [4.78, 5) is 20.5. The summed E-state index contributed by atoms with van der Waals surface area (Å²) in [5.41, 5.74) is 12.6. The number of nitrogens with two attached hydrogens (primary N) is 1. The van der Waals surface area contributed by atoms with Crippen molar-refractivity contribution in [2.24, 2.45) is 5.73 Å². The first kappa shape index (κ1) is 19.4. The molecule has 7 rings (SSSR count). The van der Waals surface area contributed by atoms with Crippen molar-refractivity contribution < 1.29 is 0 Å². The van der Waals surface area contributed by atoms with E-state index in [1.807, 2.05) is 24.5 Å². The maximum Gasteiger partial charge on any atom is 0.147 e. The first-order chi connectivity index (χ1) is 16.7. The molecular formula is C25H20N8S. The second-order valence-corrected chi connectivity index (χ2v) is 9.52. The molecule has 0 saturated carbocycles. The van der Waals surface area contributed by atoms with E-state index in [9.17, 15) is 0 Å². The fraction of sp³-hybridized carbons (Fsp3) is 0.120. The summed E-state index contributed by atoms with van der Waals surface area (Å²) in [5, 5.41) is 12.0. The van der Waals surface area contributed by atoms with Crippen LogP contribution in [-0.2, 0) is 0 Å². The van der Waals surface area contributed by atoms with Crippen LogP contribution >= 0.6 is 11.3 Å². The average molecular weight is 465 g/mol.